The molecule has 2 amide bonds. The van der Waals surface area contributed by atoms with E-state index in [4.69, 9.17) is 0 Å². The zero-order chi connectivity index (χ0) is 16.1. The molecule has 2 rings (SSSR count). The Morgan fingerprint density at radius 3 is 2.82 bits per heavy atom. The number of aliphatic hydroxyl groups is 1. The summed E-state index contributed by atoms with van der Waals surface area (Å²) in [6.45, 7) is 2.32. The predicted octanol–water partition coefficient (Wildman–Crippen LogP) is 0.369. The highest BCUT2D eigenvalue weighted by Crippen LogP contribution is 2.16. The van der Waals surface area contributed by atoms with Crippen LogP contribution in [0.3, 0.4) is 0 Å². The Hall–Kier alpha value is -1.92. The molecule has 2 atom stereocenters. The van der Waals surface area contributed by atoms with E-state index in [2.05, 4.69) is 15.5 Å². The number of hydrogen-bond donors (Lipinski definition) is 3. The lowest BCUT2D eigenvalue weighted by Gasteiger charge is -2.15. The monoisotopic (exact) mass is 305 g/mol. The molecule has 1 aromatic carbocycles. The van der Waals surface area contributed by atoms with Crippen LogP contribution in [0, 0.1) is 0 Å². The summed E-state index contributed by atoms with van der Waals surface area (Å²) >= 11 is 0. The zero-order valence-corrected chi connectivity index (χ0v) is 13.0. The molecule has 1 aliphatic rings. The number of benzene rings is 1. The van der Waals surface area contributed by atoms with Crippen molar-refractivity contribution in [2.24, 2.45) is 0 Å². The first kappa shape index (κ1) is 16.5. The van der Waals surface area contributed by atoms with Crippen molar-refractivity contribution in [3.05, 3.63) is 29.8 Å². The van der Waals surface area contributed by atoms with Gasteiger partial charge in [-0.3, -0.25) is 14.5 Å². The summed E-state index contributed by atoms with van der Waals surface area (Å²) in [5.41, 5.74) is 1.55. The van der Waals surface area contributed by atoms with Gasteiger partial charge >= 0.3 is 0 Å². The molecule has 1 fully saturated rings. The third kappa shape index (κ3) is 4.54. The lowest BCUT2D eigenvalue weighted by atomic mass is 10.1. The molecule has 0 unspecified atom stereocenters. The van der Waals surface area contributed by atoms with Crippen molar-refractivity contribution in [1.82, 2.24) is 10.2 Å². The van der Waals surface area contributed by atoms with Gasteiger partial charge in [-0.15, -0.1) is 0 Å². The summed E-state index contributed by atoms with van der Waals surface area (Å²) < 4.78 is 0. The van der Waals surface area contributed by atoms with Gasteiger partial charge < -0.3 is 15.7 Å². The van der Waals surface area contributed by atoms with Gasteiger partial charge in [0, 0.05) is 31.2 Å². The number of nitrogens with one attached hydrogen (secondary N) is 2. The topological polar surface area (TPSA) is 81.7 Å². The lowest BCUT2D eigenvalue weighted by molar-refractivity contribution is -0.121. The second kappa shape index (κ2) is 7.38. The zero-order valence-electron chi connectivity index (χ0n) is 13.0. The number of carbonyl (C=O) groups excluding carboxylic acids is 2. The van der Waals surface area contributed by atoms with Gasteiger partial charge in [0.2, 0.25) is 11.8 Å². The molecule has 120 valence electrons. The van der Waals surface area contributed by atoms with Crippen molar-refractivity contribution in [2.45, 2.75) is 31.8 Å². The van der Waals surface area contributed by atoms with Gasteiger partial charge in [-0.2, -0.15) is 0 Å². The second-order valence-corrected chi connectivity index (χ2v) is 5.83. The molecule has 1 heterocycles. The maximum atomic E-state index is 12.1. The van der Waals surface area contributed by atoms with Crippen molar-refractivity contribution >= 4 is 17.5 Å². The molecular formula is C16H23N3O3. The smallest absolute Gasteiger partial charge is 0.224 e. The Kier molecular flexibility index (Phi) is 5.51. The van der Waals surface area contributed by atoms with E-state index >= 15 is 0 Å². The van der Waals surface area contributed by atoms with E-state index in [0.29, 0.717) is 5.69 Å². The van der Waals surface area contributed by atoms with Crippen LogP contribution in [-0.2, 0) is 16.0 Å². The summed E-state index contributed by atoms with van der Waals surface area (Å²) in [4.78, 5) is 25.2. The second-order valence-electron chi connectivity index (χ2n) is 5.83. The normalized spacial score (nSPS) is 21.6. The van der Waals surface area contributed by atoms with Crippen molar-refractivity contribution in [1.29, 1.82) is 0 Å². The maximum Gasteiger partial charge on any atom is 0.224 e. The van der Waals surface area contributed by atoms with Crippen LogP contribution in [0.1, 0.15) is 18.9 Å². The minimum atomic E-state index is -0.134. The van der Waals surface area contributed by atoms with Crippen LogP contribution in [0.5, 0.6) is 0 Å². The van der Waals surface area contributed by atoms with Crippen molar-refractivity contribution < 1.29 is 14.7 Å². The van der Waals surface area contributed by atoms with Crippen molar-refractivity contribution in [3.63, 3.8) is 0 Å². The molecule has 0 saturated carbocycles. The van der Waals surface area contributed by atoms with E-state index in [-0.39, 0.29) is 36.9 Å². The summed E-state index contributed by atoms with van der Waals surface area (Å²) in [6.07, 6.45) is 1.04. The van der Waals surface area contributed by atoms with E-state index in [1.54, 1.807) is 12.1 Å². The van der Waals surface area contributed by atoms with E-state index in [9.17, 15) is 14.7 Å². The Morgan fingerprint density at radius 1 is 1.41 bits per heavy atom. The van der Waals surface area contributed by atoms with Crippen LogP contribution in [0.15, 0.2) is 24.3 Å². The van der Waals surface area contributed by atoms with E-state index in [0.717, 1.165) is 18.5 Å². The van der Waals surface area contributed by atoms with Gasteiger partial charge in [0.15, 0.2) is 0 Å². The average Bonchev–Trinajstić information content (AvgIpc) is 2.78. The number of aliphatic hydroxyl groups excluding tert-OH is 1. The minimum absolute atomic E-state index is 0.0445. The molecule has 6 nitrogen and oxygen atoms in total. The first-order valence-corrected chi connectivity index (χ1v) is 7.45. The van der Waals surface area contributed by atoms with Gasteiger partial charge in [0.1, 0.15) is 0 Å². The molecular weight excluding hydrogens is 282 g/mol. The maximum absolute atomic E-state index is 12.1. The number of hydrogen-bond acceptors (Lipinski definition) is 4. The lowest BCUT2D eigenvalue weighted by Crippen LogP contribution is -2.37. The molecule has 22 heavy (non-hydrogen) atoms. The highest BCUT2D eigenvalue weighted by molar-refractivity contribution is 5.89. The molecule has 6 heteroatoms. The third-order valence-corrected chi connectivity index (χ3v) is 3.88. The predicted molar refractivity (Wildman–Crippen MR) is 84.5 cm³/mol. The van der Waals surface area contributed by atoms with Crippen molar-refractivity contribution in [2.75, 3.05) is 25.5 Å². The van der Waals surface area contributed by atoms with Gasteiger partial charge in [0.25, 0.3) is 0 Å². The number of carbonyl (C=O) groups is 2. The summed E-state index contributed by atoms with van der Waals surface area (Å²) in [6, 6.07) is 7.47. The molecule has 1 aliphatic heterocycles. The Balaban J connectivity index is 1.88. The largest absolute Gasteiger partial charge is 0.395 e. The van der Waals surface area contributed by atoms with Gasteiger partial charge in [0.05, 0.1) is 13.0 Å². The Labute approximate surface area is 130 Å². The fraction of sp³-hybridized carbons (Fsp3) is 0.500. The van der Waals surface area contributed by atoms with Crippen LogP contribution < -0.4 is 10.6 Å². The number of likely N-dealkylation sites (N-methyl/N-ethyl adjacent to an activating group) is 1. The van der Waals surface area contributed by atoms with E-state index < -0.39 is 0 Å². The molecule has 0 aromatic heterocycles. The summed E-state index contributed by atoms with van der Waals surface area (Å²) in [5, 5.41) is 14.9. The number of nitrogens with zero attached hydrogens (tertiary/aromatic N) is 1. The van der Waals surface area contributed by atoms with Gasteiger partial charge in [-0.1, -0.05) is 12.1 Å². The van der Waals surface area contributed by atoms with Crippen LogP contribution in [0.2, 0.25) is 0 Å². The van der Waals surface area contributed by atoms with E-state index in [1.165, 1.54) is 6.92 Å². The Bertz CT molecular complexity index is 547. The highest BCUT2D eigenvalue weighted by Gasteiger charge is 2.29. The quantitative estimate of drug-likeness (QED) is 0.734. The molecule has 0 aliphatic carbocycles. The first-order valence-electron chi connectivity index (χ1n) is 7.45. The fourth-order valence-electron chi connectivity index (χ4n) is 2.82. The average molecular weight is 305 g/mol. The molecule has 0 radical (unpaired) electrons. The Morgan fingerprint density at radius 2 is 2.18 bits per heavy atom. The highest BCUT2D eigenvalue weighted by atomic mass is 16.3. The van der Waals surface area contributed by atoms with Crippen LogP contribution >= 0.6 is 0 Å². The molecule has 0 bridgehead atoms. The standard InChI is InChI=1S/C16H23N3O3/c1-11(21)17-13-5-3-4-12(6-13)7-16(22)18-14-8-15(10-20)19(2)9-14/h3-6,14-15,20H,7-10H2,1-2H3,(H,17,21)(H,18,22)/t14-,15+/m1/s1. The number of anilines is 1. The van der Waals surface area contributed by atoms with Gasteiger partial charge in [-0.05, 0) is 31.2 Å². The van der Waals surface area contributed by atoms with Crippen LogP contribution in [0.4, 0.5) is 5.69 Å². The van der Waals surface area contributed by atoms with Crippen LogP contribution in [-0.4, -0.2) is 54.1 Å². The fourth-order valence-corrected chi connectivity index (χ4v) is 2.82. The summed E-state index contributed by atoms with van der Waals surface area (Å²) in [7, 11) is 1.95. The minimum Gasteiger partial charge on any atom is -0.395 e. The third-order valence-electron chi connectivity index (χ3n) is 3.88. The van der Waals surface area contributed by atoms with Crippen LogP contribution in [0.25, 0.3) is 0 Å². The molecule has 0 spiro atoms. The van der Waals surface area contributed by atoms with Crippen molar-refractivity contribution in [3.8, 4) is 0 Å². The van der Waals surface area contributed by atoms with E-state index in [1.807, 2.05) is 19.2 Å². The van der Waals surface area contributed by atoms with Gasteiger partial charge in [-0.25, -0.2) is 0 Å². The molecule has 3 N–H and O–H groups in total. The SMILES string of the molecule is CC(=O)Nc1cccc(CC(=O)N[C@@H]2C[C@@H](CO)N(C)C2)c1. The summed E-state index contributed by atoms with van der Waals surface area (Å²) in [5.74, 6) is -0.178. The number of rotatable bonds is 5. The number of amides is 2. The molecule has 1 saturated heterocycles. The molecule has 1 aromatic rings. The first-order chi connectivity index (χ1) is 10.5. The number of likely N-dealkylation sites (tertiary alicyclic amines) is 1.